The molecular formula is C17H14ClF3N2O3. The molecule has 2 rings (SSSR count). The summed E-state index contributed by atoms with van der Waals surface area (Å²) in [5, 5.41) is 0.118. The Labute approximate surface area is 150 Å². The van der Waals surface area contributed by atoms with Gasteiger partial charge in [-0.15, -0.1) is 6.58 Å². The highest BCUT2D eigenvalue weighted by atomic mass is 35.5. The first-order valence-electron chi connectivity index (χ1n) is 7.50. The predicted octanol–water partition coefficient (Wildman–Crippen LogP) is 3.45. The van der Waals surface area contributed by atoms with Crippen molar-refractivity contribution in [1.82, 2.24) is 9.13 Å². The Kier molecular flexibility index (Phi) is 5.56. The fraction of sp³-hybridized carbons (Fsp3) is 0.235. The van der Waals surface area contributed by atoms with Gasteiger partial charge in [0.1, 0.15) is 5.69 Å². The minimum atomic E-state index is -4.89. The van der Waals surface area contributed by atoms with E-state index in [0.717, 1.165) is 6.08 Å². The molecule has 0 saturated carbocycles. The third-order valence-electron chi connectivity index (χ3n) is 3.63. The lowest BCUT2D eigenvalue weighted by molar-refractivity contribution is -0.144. The van der Waals surface area contributed by atoms with Gasteiger partial charge in [-0.25, -0.2) is 9.36 Å². The lowest BCUT2D eigenvalue weighted by Crippen LogP contribution is -2.41. The van der Waals surface area contributed by atoms with E-state index in [1.807, 2.05) is 0 Å². The largest absolute Gasteiger partial charge is 0.431 e. The number of halogens is 4. The van der Waals surface area contributed by atoms with E-state index < -0.39 is 29.7 Å². The molecule has 0 fully saturated rings. The standard InChI is InChI=1S/C17H14ClF3N2O3/c1-3-7-22-14(17(19,20)21)9-15(25)23(16(22)26)10-5-6-12(18)11(8-10)13(24)4-2/h3,5-6,8-9H,1,4,7H2,2H3. The summed E-state index contributed by atoms with van der Waals surface area (Å²) in [7, 11) is 0. The maximum Gasteiger partial charge on any atom is 0.431 e. The number of carbonyl (C=O) groups excluding carboxylic acids is 1. The van der Waals surface area contributed by atoms with Crippen molar-refractivity contribution in [2.75, 3.05) is 0 Å². The Hall–Kier alpha value is -2.61. The molecule has 0 spiro atoms. The second kappa shape index (κ2) is 7.33. The first-order valence-corrected chi connectivity index (χ1v) is 7.87. The van der Waals surface area contributed by atoms with Crippen LogP contribution in [0.3, 0.4) is 0 Å². The van der Waals surface area contributed by atoms with Gasteiger partial charge in [0.05, 0.1) is 10.7 Å². The maximum absolute atomic E-state index is 13.1. The zero-order valence-corrected chi connectivity index (χ0v) is 14.4. The minimum absolute atomic E-state index is 0.0484. The lowest BCUT2D eigenvalue weighted by Gasteiger charge is -2.16. The minimum Gasteiger partial charge on any atom is -0.294 e. The molecule has 0 N–H and O–H groups in total. The van der Waals surface area contributed by atoms with Crippen molar-refractivity contribution in [3.8, 4) is 5.69 Å². The molecule has 1 heterocycles. The molecule has 5 nitrogen and oxygen atoms in total. The van der Waals surface area contributed by atoms with Gasteiger partial charge < -0.3 is 0 Å². The molecule has 2 aromatic rings. The monoisotopic (exact) mass is 386 g/mol. The summed E-state index contributed by atoms with van der Waals surface area (Å²) in [6, 6.07) is 4.13. The molecule has 138 valence electrons. The smallest absolute Gasteiger partial charge is 0.294 e. The van der Waals surface area contributed by atoms with Crippen LogP contribution in [0.2, 0.25) is 5.02 Å². The highest BCUT2D eigenvalue weighted by Gasteiger charge is 2.35. The van der Waals surface area contributed by atoms with Crippen LogP contribution in [0.5, 0.6) is 0 Å². The summed E-state index contributed by atoms with van der Waals surface area (Å²) >= 11 is 5.95. The maximum atomic E-state index is 13.1. The van der Waals surface area contributed by atoms with Crippen LogP contribution in [0.4, 0.5) is 13.2 Å². The molecule has 0 aliphatic heterocycles. The highest BCUT2D eigenvalue weighted by Crippen LogP contribution is 2.28. The van der Waals surface area contributed by atoms with Gasteiger partial charge in [0, 0.05) is 24.6 Å². The summed E-state index contributed by atoms with van der Waals surface area (Å²) in [5.41, 5.74) is -3.70. The molecule has 0 radical (unpaired) electrons. The average Bonchev–Trinajstić information content (AvgIpc) is 2.57. The molecule has 0 aliphatic rings. The Morgan fingerprint density at radius 1 is 1.27 bits per heavy atom. The van der Waals surface area contributed by atoms with E-state index in [4.69, 9.17) is 11.6 Å². The van der Waals surface area contributed by atoms with Gasteiger partial charge in [-0.1, -0.05) is 24.6 Å². The van der Waals surface area contributed by atoms with E-state index in [-0.39, 0.29) is 28.5 Å². The fourth-order valence-electron chi connectivity index (χ4n) is 2.41. The van der Waals surface area contributed by atoms with Gasteiger partial charge >= 0.3 is 11.9 Å². The highest BCUT2D eigenvalue weighted by molar-refractivity contribution is 6.34. The van der Waals surface area contributed by atoms with Gasteiger partial charge in [0.2, 0.25) is 0 Å². The van der Waals surface area contributed by atoms with Gasteiger partial charge in [0.15, 0.2) is 5.78 Å². The molecule has 0 aliphatic carbocycles. The SMILES string of the molecule is C=CCn1c(C(F)(F)F)cc(=O)n(-c2ccc(Cl)c(C(=O)CC)c2)c1=O. The van der Waals surface area contributed by atoms with E-state index in [1.54, 1.807) is 6.92 Å². The van der Waals surface area contributed by atoms with Crippen LogP contribution in [0, 0.1) is 0 Å². The third kappa shape index (κ3) is 3.65. The first-order chi connectivity index (χ1) is 12.1. The van der Waals surface area contributed by atoms with Gasteiger partial charge in [-0.2, -0.15) is 13.2 Å². The number of ketones is 1. The van der Waals surface area contributed by atoms with Gasteiger partial charge in [0.25, 0.3) is 5.56 Å². The molecule has 9 heteroatoms. The van der Waals surface area contributed by atoms with Crippen LogP contribution in [-0.4, -0.2) is 14.9 Å². The van der Waals surface area contributed by atoms with Crippen LogP contribution in [-0.2, 0) is 12.7 Å². The zero-order valence-electron chi connectivity index (χ0n) is 13.6. The Balaban J connectivity index is 2.82. The van der Waals surface area contributed by atoms with E-state index >= 15 is 0 Å². The number of carbonyl (C=O) groups is 1. The van der Waals surface area contributed by atoms with Crippen molar-refractivity contribution in [1.29, 1.82) is 0 Å². The second-order valence-corrected chi connectivity index (χ2v) is 5.73. The van der Waals surface area contributed by atoms with Crippen molar-refractivity contribution in [3.63, 3.8) is 0 Å². The fourth-order valence-corrected chi connectivity index (χ4v) is 2.63. The Bertz CT molecular complexity index is 990. The molecule has 1 aromatic carbocycles. The molecule has 0 saturated heterocycles. The van der Waals surface area contributed by atoms with E-state index in [2.05, 4.69) is 6.58 Å². The Morgan fingerprint density at radius 2 is 1.92 bits per heavy atom. The van der Waals surface area contributed by atoms with Crippen LogP contribution < -0.4 is 11.2 Å². The molecule has 26 heavy (non-hydrogen) atoms. The molecular weight excluding hydrogens is 373 g/mol. The van der Waals surface area contributed by atoms with Crippen molar-refractivity contribution in [3.05, 3.63) is 74.0 Å². The van der Waals surface area contributed by atoms with Gasteiger partial charge in [-0.05, 0) is 18.2 Å². The van der Waals surface area contributed by atoms with Crippen molar-refractivity contribution >= 4 is 17.4 Å². The van der Waals surface area contributed by atoms with Crippen LogP contribution >= 0.6 is 11.6 Å². The number of rotatable bonds is 5. The topological polar surface area (TPSA) is 61.1 Å². The second-order valence-electron chi connectivity index (χ2n) is 5.32. The number of hydrogen-bond donors (Lipinski definition) is 0. The molecule has 0 bridgehead atoms. The third-order valence-corrected chi connectivity index (χ3v) is 3.95. The average molecular weight is 387 g/mol. The van der Waals surface area contributed by atoms with E-state index in [1.165, 1.54) is 18.2 Å². The van der Waals surface area contributed by atoms with Crippen molar-refractivity contribution in [2.45, 2.75) is 26.1 Å². The van der Waals surface area contributed by atoms with Crippen LogP contribution in [0.15, 0.2) is 46.5 Å². The molecule has 0 unspecified atom stereocenters. The number of nitrogens with zero attached hydrogens (tertiary/aromatic N) is 2. The number of allylic oxidation sites excluding steroid dienone is 1. The summed E-state index contributed by atoms with van der Waals surface area (Å²) < 4.78 is 40.3. The Morgan fingerprint density at radius 3 is 2.46 bits per heavy atom. The molecule has 0 atom stereocenters. The van der Waals surface area contributed by atoms with Crippen molar-refractivity contribution in [2.24, 2.45) is 0 Å². The van der Waals surface area contributed by atoms with Gasteiger partial charge in [-0.3, -0.25) is 14.2 Å². The van der Waals surface area contributed by atoms with Crippen LogP contribution in [0.25, 0.3) is 5.69 Å². The predicted molar refractivity (Wildman–Crippen MR) is 91.1 cm³/mol. The quantitative estimate of drug-likeness (QED) is 0.584. The normalized spacial score (nSPS) is 11.4. The summed E-state index contributed by atoms with van der Waals surface area (Å²) in [4.78, 5) is 36.7. The zero-order chi connectivity index (χ0) is 19.6. The summed E-state index contributed by atoms with van der Waals surface area (Å²) in [5.74, 6) is -0.330. The van der Waals surface area contributed by atoms with Crippen molar-refractivity contribution < 1.29 is 18.0 Å². The lowest BCUT2D eigenvalue weighted by atomic mass is 10.1. The number of benzene rings is 1. The molecule has 1 aromatic heterocycles. The number of Topliss-reactive ketones (excluding diaryl/α,β-unsaturated/α-hetero) is 1. The first kappa shape index (κ1) is 19.7. The number of aromatic nitrogens is 2. The summed E-state index contributed by atoms with van der Waals surface area (Å²) in [6.45, 7) is 4.49. The van der Waals surface area contributed by atoms with Crippen LogP contribution in [0.1, 0.15) is 29.4 Å². The number of alkyl halides is 3. The van der Waals surface area contributed by atoms with E-state index in [9.17, 15) is 27.6 Å². The number of hydrogen-bond acceptors (Lipinski definition) is 3. The van der Waals surface area contributed by atoms with E-state index in [0.29, 0.717) is 15.2 Å². The molecule has 0 amide bonds. The summed E-state index contributed by atoms with van der Waals surface area (Å²) in [6.07, 6.45) is -3.64.